The van der Waals surface area contributed by atoms with E-state index in [-0.39, 0.29) is 12.6 Å². The summed E-state index contributed by atoms with van der Waals surface area (Å²) in [6.45, 7) is 4.59. The van der Waals surface area contributed by atoms with Gasteiger partial charge in [-0.05, 0) is 13.8 Å². The summed E-state index contributed by atoms with van der Waals surface area (Å²) in [7, 11) is 0. The van der Waals surface area contributed by atoms with Gasteiger partial charge in [-0.25, -0.2) is 5.84 Å². The second-order valence-electron chi connectivity index (χ2n) is 4.16. The highest BCUT2D eigenvalue weighted by Gasteiger charge is 2.17. The van der Waals surface area contributed by atoms with Gasteiger partial charge in [0.05, 0.1) is 18.2 Å². The quantitative estimate of drug-likeness (QED) is 0.431. The Kier molecular flexibility index (Phi) is 3.58. The van der Waals surface area contributed by atoms with E-state index in [1.165, 1.54) is 0 Å². The molecule has 0 unspecified atom stereocenters. The maximum Gasteiger partial charge on any atom is 0.241 e. The Hall–Kier alpha value is -1.93. The van der Waals surface area contributed by atoms with Gasteiger partial charge in [0.15, 0.2) is 5.65 Å². The molecule has 0 bridgehead atoms. The Bertz CT molecular complexity index is 524. The highest BCUT2D eigenvalue weighted by molar-refractivity contribution is 5.87. The number of hydrazine groups is 1. The number of hydrogen-bond donors (Lipinski definition) is 4. The van der Waals surface area contributed by atoms with E-state index in [0.29, 0.717) is 24.0 Å². The number of rotatable bonds is 5. The maximum atomic E-state index is 9.15. The Morgan fingerprint density at radius 2 is 2.28 bits per heavy atom. The molecule has 98 valence electrons. The summed E-state index contributed by atoms with van der Waals surface area (Å²) in [4.78, 5) is 10.5. The van der Waals surface area contributed by atoms with Gasteiger partial charge in [-0.3, -0.25) is 10.5 Å². The number of nitrogen functional groups attached to an aromatic ring is 1. The fourth-order valence-corrected chi connectivity index (χ4v) is 1.82. The summed E-state index contributed by atoms with van der Waals surface area (Å²) in [5.74, 6) is 6.36. The van der Waals surface area contributed by atoms with Crippen LogP contribution < -0.4 is 16.2 Å². The number of nitrogens with one attached hydrogen (secondary N) is 2. The Morgan fingerprint density at radius 1 is 1.50 bits per heavy atom. The van der Waals surface area contributed by atoms with Crippen molar-refractivity contribution in [2.24, 2.45) is 5.84 Å². The molecular formula is C10H17N7O. The van der Waals surface area contributed by atoms with Crippen LogP contribution in [0.15, 0.2) is 6.20 Å². The maximum absolute atomic E-state index is 9.15. The molecule has 0 radical (unpaired) electrons. The van der Waals surface area contributed by atoms with Crippen molar-refractivity contribution in [3.8, 4) is 0 Å². The molecule has 8 nitrogen and oxygen atoms in total. The van der Waals surface area contributed by atoms with E-state index in [1.54, 1.807) is 6.20 Å². The summed E-state index contributed by atoms with van der Waals surface area (Å²) in [6.07, 6.45) is 1.66. The number of aliphatic hydroxyl groups excluding tert-OH is 1. The summed E-state index contributed by atoms with van der Waals surface area (Å²) < 4.78 is 0. The lowest BCUT2D eigenvalue weighted by Crippen LogP contribution is -2.34. The van der Waals surface area contributed by atoms with E-state index in [0.717, 1.165) is 5.39 Å². The van der Waals surface area contributed by atoms with Crippen LogP contribution in [-0.2, 0) is 0 Å². The lowest BCUT2D eigenvalue weighted by atomic mass is 10.2. The van der Waals surface area contributed by atoms with Gasteiger partial charge in [-0.15, -0.1) is 0 Å². The van der Waals surface area contributed by atoms with Gasteiger partial charge in [0.2, 0.25) is 5.95 Å². The number of aromatic amines is 1. The summed E-state index contributed by atoms with van der Waals surface area (Å²) >= 11 is 0. The minimum atomic E-state index is 0.0485. The molecule has 18 heavy (non-hydrogen) atoms. The first-order valence-corrected chi connectivity index (χ1v) is 5.72. The Labute approximate surface area is 104 Å². The van der Waals surface area contributed by atoms with Crippen molar-refractivity contribution in [1.29, 1.82) is 0 Å². The molecule has 0 amide bonds. The third kappa shape index (κ3) is 2.20. The zero-order chi connectivity index (χ0) is 13.1. The standard InChI is InChI=1S/C10H17N7O/c1-6(2)17(3-4-18)9-7-5-12-16-8(7)13-10(14-9)15-11/h5-6,18H,3-4,11H2,1-2H3,(H2,12,13,14,15,16). The van der Waals surface area contributed by atoms with Gasteiger partial charge < -0.3 is 10.0 Å². The van der Waals surface area contributed by atoms with Crippen LogP contribution in [0.3, 0.4) is 0 Å². The first-order valence-electron chi connectivity index (χ1n) is 5.72. The highest BCUT2D eigenvalue weighted by Crippen LogP contribution is 2.24. The molecule has 0 saturated carbocycles. The van der Waals surface area contributed by atoms with Crippen LogP contribution in [0.1, 0.15) is 13.8 Å². The molecule has 8 heteroatoms. The molecule has 0 aliphatic heterocycles. The van der Waals surface area contributed by atoms with Crippen LogP contribution in [0, 0.1) is 0 Å². The van der Waals surface area contributed by atoms with Gasteiger partial charge >= 0.3 is 0 Å². The van der Waals surface area contributed by atoms with Crippen molar-refractivity contribution >= 4 is 22.8 Å². The molecule has 2 aromatic heterocycles. The molecule has 0 spiro atoms. The van der Waals surface area contributed by atoms with Gasteiger partial charge in [0.1, 0.15) is 5.82 Å². The van der Waals surface area contributed by atoms with E-state index in [1.807, 2.05) is 18.7 Å². The first kappa shape index (κ1) is 12.5. The molecule has 0 atom stereocenters. The minimum absolute atomic E-state index is 0.0485. The minimum Gasteiger partial charge on any atom is -0.395 e. The number of aliphatic hydroxyl groups is 1. The number of hydrogen-bond acceptors (Lipinski definition) is 7. The largest absolute Gasteiger partial charge is 0.395 e. The number of anilines is 2. The predicted octanol–water partition coefficient (Wildman–Crippen LogP) is -0.154. The average molecular weight is 251 g/mol. The number of fused-ring (bicyclic) bond motifs is 1. The topological polar surface area (TPSA) is 116 Å². The van der Waals surface area contributed by atoms with Crippen molar-refractivity contribution in [3.63, 3.8) is 0 Å². The Morgan fingerprint density at radius 3 is 2.89 bits per heavy atom. The number of aromatic nitrogens is 4. The van der Waals surface area contributed by atoms with Crippen LogP contribution >= 0.6 is 0 Å². The molecular weight excluding hydrogens is 234 g/mol. The summed E-state index contributed by atoms with van der Waals surface area (Å²) in [6, 6.07) is 0.191. The first-order chi connectivity index (χ1) is 8.67. The van der Waals surface area contributed by atoms with Gasteiger partial charge in [0, 0.05) is 12.6 Å². The summed E-state index contributed by atoms with van der Waals surface area (Å²) in [5.41, 5.74) is 3.03. The third-order valence-corrected chi connectivity index (χ3v) is 2.66. The highest BCUT2D eigenvalue weighted by atomic mass is 16.3. The van der Waals surface area contributed by atoms with Crippen LogP contribution in [-0.4, -0.2) is 44.5 Å². The normalized spacial score (nSPS) is 11.2. The second kappa shape index (κ2) is 5.15. The lowest BCUT2D eigenvalue weighted by Gasteiger charge is -2.27. The molecule has 5 N–H and O–H groups in total. The fraction of sp³-hybridized carbons (Fsp3) is 0.500. The zero-order valence-electron chi connectivity index (χ0n) is 10.4. The van der Waals surface area contributed by atoms with Gasteiger partial charge in [-0.1, -0.05) is 0 Å². The van der Waals surface area contributed by atoms with Crippen LogP contribution in [0.2, 0.25) is 0 Å². The third-order valence-electron chi connectivity index (χ3n) is 2.66. The molecule has 0 fully saturated rings. The molecule has 0 saturated heterocycles. The molecule has 0 aromatic carbocycles. The predicted molar refractivity (Wildman–Crippen MR) is 69.1 cm³/mol. The van der Waals surface area contributed by atoms with Crippen LogP contribution in [0.25, 0.3) is 11.0 Å². The number of nitrogens with zero attached hydrogens (tertiary/aromatic N) is 4. The number of nitrogens with two attached hydrogens (primary N) is 1. The van der Waals surface area contributed by atoms with E-state index < -0.39 is 0 Å². The van der Waals surface area contributed by atoms with E-state index in [2.05, 4.69) is 25.6 Å². The smallest absolute Gasteiger partial charge is 0.241 e. The van der Waals surface area contributed by atoms with Gasteiger partial charge in [-0.2, -0.15) is 15.1 Å². The number of H-pyrrole nitrogens is 1. The van der Waals surface area contributed by atoms with E-state index in [4.69, 9.17) is 10.9 Å². The molecule has 2 rings (SSSR count). The Balaban J connectivity index is 2.55. The van der Waals surface area contributed by atoms with E-state index in [9.17, 15) is 0 Å². The SMILES string of the molecule is CC(C)N(CCO)c1nc(NN)nc2[nH]ncc12. The van der Waals surface area contributed by atoms with Crippen LogP contribution in [0.5, 0.6) is 0 Å². The molecule has 2 aromatic rings. The average Bonchev–Trinajstić information content (AvgIpc) is 2.82. The molecule has 2 heterocycles. The molecule has 0 aliphatic carbocycles. The van der Waals surface area contributed by atoms with Gasteiger partial charge in [0.25, 0.3) is 0 Å². The monoisotopic (exact) mass is 251 g/mol. The lowest BCUT2D eigenvalue weighted by molar-refractivity contribution is 0.299. The zero-order valence-corrected chi connectivity index (χ0v) is 10.4. The van der Waals surface area contributed by atoms with Crippen molar-refractivity contribution in [1.82, 2.24) is 20.2 Å². The van der Waals surface area contributed by atoms with Crippen molar-refractivity contribution in [2.45, 2.75) is 19.9 Å². The van der Waals surface area contributed by atoms with Crippen molar-refractivity contribution in [3.05, 3.63) is 6.20 Å². The fourth-order valence-electron chi connectivity index (χ4n) is 1.82. The van der Waals surface area contributed by atoms with Crippen LogP contribution in [0.4, 0.5) is 11.8 Å². The van der Waals surface area contributed by atoms with Crippen molar-refractivity contribution < 1.29 is 5.11 Å². The second-order valence-corrected chi connectivity index (χ2v) is 4.16. The summed E-state index contributed by atoms with van der Waals surface area (Å²) in [5, 5.41) is 16.7. The van der Waals surface area contributed by atoms with E-state index >= 15 is 0 Å². The molecule has 0 aliphatic rings. The van der Waals surface area contributed by atoms with Crippen molar-refractivity contribution in [2.75, 3.05) is 23.5 Å².